The molecule has 0 heterocycles. The predicted octanol–water partition coefficient (Wildman–Crippen LogP) is 8.46. The summed E-state index contributed by atoms with van der Waals surface area (Å²) >= 11 is 0. The fraction of sp³-hybridized carbons (Fsp3) is 0.846. The molecule has 0 atom stereocenters. The van der Waals surface area contributed by atoms with Crippen LogP contribution >= 0.6 is 0 Å². The number of hydrogen-bond donors (Lipinski definition) is 3. The van der Waals surface area contributed by atoms with E-state index in [1.807, 2.05) is 0 Å². The minimum absolute atomic E-state index is 0. The normalized spacial score (nSPS) is 11.0. The largest absolute Gasteiger partial charge is 0.481 e. The second-order valence-corrected chi connectivity index (χ2v) is 8.74. The van der Waals surface area contributed by atoms with Gasteiger partial charge in [0, 0.05) is 12.5 Å². The first-order valence-electron chi connectivity index (χ1n) is 12.7. The molecular formula is C26H51NO4. The zero-order valence-electron chi connectivity index (χ0n) is 20.1. The summed E-state index contributed by atoms with van der Waals surface area (Å²) in [5.74, 6) is -1.51. The quantitative estimate of drug-likeness (QED) is 0.103. The molecule has 0 radical (unpaired) electrons. The molecule has 0 unspecified atom stereocenters. The molecule has 0 spiro atoms. The van der Waals surface area contributed by atoms with Gasteiger partial charge in [0.25, 0.3) is 0 Å². The highest BCUT2D eigenvalue weighted by Gasteiger charge is 1.97. The van der Waals surface area contributed by atoms with E-state index in [1.165, 1.54) is 115 Å². The van der Waals surface area contributed by atoms with Crippen LogP contribution in [0.5, 0.6) is 0 Å². The van der Waals surface area contributed by atoms with Crippen LogP contribution in [0.25, 0.3) is 0 Å². The standard InChI is InChI=1S/C26H48O4.H3N/c27-25(28)23-21-19-17-15-13-11-9-7-5-3-1-2-4-6-8-10-12-14-16-18-20-22-24-26(29)30;/h21,23H,1-20,22,24H2,(H,27,28)(H,29,30);1H3. The molecule has 0 amide bonds. The lowest BCUT2D eigenvalue weighted by atomic mass is 10.0. The number of carboxylic acids is 2. The molecule has 5 nitrogen and oxygen atoms in total. The van der Waals surface area contributed by atoms with Crippen molar-refractivity contribution in [2.24, 2.45) is 0 Å². The fourth-order valence-electron chi connectivity index (χ4n) is 3.90. The number of carbonyl (C=O) groups is 2. The van der Waals surface area contributed by atoms with Gasteiger partial charge in [-0.2, -0.15) is 0 Å². The van der Waals surface area contributed by atoms with E-state index < -0.39 is 11.9 Å². The Balaban J connectivity index is 0. The molecule has 0 bridgehead atoms. The van der Waals surface area contributed by atoms with E-state index in [2.05, 4.69) is 0 Å². The maximum Gasteiger partial charge on any atom is 0.327 e. The molecule has 0 aromatic rings. The first-order chi connectivity index (χ1) is 14.6. The van der Waals surface area contributed by atoms with Gasteiger partial charge in [-0.25, -0.2) is 4.79 Å². The van der Waals surface area contributed by atoms with Crippen LogP contribution in [0.15, 0.2) is 12.2 Å². The first kappa shape index (κ1) is 31.8. The monoisotopic (exact) mass is 441 g/mol. The molecule has 0 aliphatic heterocycles. The van der Waals surface area contributed by atoms with Gasteiger partial charge in [-0.1, -0.05) is 122 Å². The summed E-state index contributed by atoms with van der Waals surface area (Å²) in [5.41, 5.74) is 0. The lowest BCUT2D eigenvalue weighted by molar-refractivity contribution is -0.137. The van der Waals surface area contributed by atoms with Gasteiger partial charge in [0.15, 0.2) is 0 Å². The summed E-state index contributed by atoms with van der Waals surface area (Å²) in [6.07, 6.45) is 30.0. The number of rotatable bonds is 24. The van der Waals surface area contributed by atoms with Crippen LogP contribution in [0.4, 0.5) is 0 Å². The van der Waals surface area contributed by atoms with Crippen molar-refractivity contribution < 1.29 is 19.8 Å². The Bertz CT molecular complexity index is 424. The maximum absolute atomic E-state index is 10.4. The number of allylic oxidation sites excluding steroid dienone is 1. The molecule has 0 fully saturated rings. The summed E-state index contributed by atoms with van der Waals surface area (Å²) in [6.45, 7) is 0. The van der Waals surface area contributed by atoms with Crippen LogP contribution in [-0.2, 0) is 9.59 Å². The number of aliphatic carboxylic acids is 2. The Kier molecular flexibility index (Phi) is 27.4. The molecule has 0 rings (SSSR count). The van der Waals surface area contributed by atoms with Crippen LogP contribution in [0, 0.1) is 0 Å². The van der Waals surface area contributed by atoms with Crippen molar-refractivity contribution in [1.82, 2.24) is 6.15 Å². The zero-order valence-corrected chi connectivity index (χ0v) is 20.1. The van der Waals surface area contributed by atoms with Crippen molar-refractivity contribution in [1.29, 1.82) is 0 Å². The second kappa shape index (κ2) is 26.7. The average molecular weight is 442 g/mol. The molecule has 0 saturated heterocycles. The van der Waals surface area contributed by atoms with Crippen LogP contribution in [0.1, 0.15) is 141 Å². The van der Waals surface area contributed by atoms with E-state index in [0.29, 0.717) is 6.42 Å². The molecule has 5 heteroatoms. The number of hydrogen-bond acceptors (Lipinski definition) is 3. The number of carboxylic acid groups (broad SMARTS) is 2. The third-order valence-electron chi connectivity index (χ3n) is 5.77. The first-order valence-corrected chi connectivity index (χ1v) is 12.7. The van der Waals surface area contributed by atoms with Crippen molar-refractivity contribution in [3.8, 4) is 0 Å². The molecule has 0 saturated carbocycles. The third kappa shape index (κ3) is 30.9. The van der Waals surface area contributed by atoms with E-state index in [1.54, 1.807) is 6.08 Å². The number of unbranched alkanes of at least 4 members (excludes halogenated alkanes) is 20. The molecule has 0 aromatic heterocycles. The van der Waals surface area contributed by atoms with E-state index in [4.69, 9.17) is 10.2 Å². The minimum atomic E-state index is -0.843. The van der Waals surface area contributed by atoms with Gasteiger partial charge in [-0.15, -0.1) is 0 Å². The highest BCUT2D eigenvalue weighted by atomic mass is 16.4. The fourth-order valence-corrected chi connectivity index (χ4v) is 3.90. The van der Waals surface area contributed by atoms with Crippen molar-refractivity contribution in [2.75, 3.05) is 0 Å². The Hall–Kier alpha value is -1.36. The zero-order chi connectivity index (χ0) is 22.1. The highest BCUT2D eigenvalue weighted by molar-refractivity contribution is 5.79. The molecular weight excluding hydrogens is 390 g/mol. The Labute approximate surface area is 191 Å². The summed E-state index contributed by atoms with van der Waals surface area (Å²) in [4.78, 5) is 20.7. The Morgan fingerprint density at radius 2 is 0.774 bits per heavy atom. The SMILES string of the molecule is N.O=C(O)C=CCCCCCCCCCCCCCCCCCCCCCCC(=O)O. The van der Waals surface area contributed by atoms with Gasteiger partial charge in [-0.05, 0) is 19.3 Å². The highest BCUT2D eigenvalue weighted by Crippen LogP contribution is 2.15. The molecule has 0 aromatic carbocycles. The predicted molar refractivity (Wildman–Crippen MR) is 131 cm³/mol. The van der Waals surface area contributed by atoms with Crippen LogP contribution in [0.2, 0.25) is 0 Å². The average Bonchev–Trinajstić information content (AvgIpc) is 2.70. The Morgan fingerprint density at radius 3 is 1.06 bits per heavy atom. The molecule has 5 N–H and O–H groups in total. The summed E-state index contributed by atoms with van der Waals surface area (Å²) < 4.78 is 0. The van der Waals surface area contributed by atoms with Crippen LogP contribution in [-0.4, -0.2) is 22.2 Å². The van der Waals surface area contributed by atoms with Crippen LogP contribution < -0.4 is 6.15 Å². The molecule has 0 aliphatic rings. The lowest BCUT2D eigenvalue weighted by Gasteiger charge is -2.04. The van der Waals surface area contributed by atoms with Crippen molar-refractivity contribution in [2.45, 2.75) is 141 Å². The van der Waals surface area contributed by atoms with Gasteiger partial charge in [0.2, 0.25) is 0 Å². The van der Waals surface area contributed by atoms with E-state index in [9.17, 15) is 9.59 Å². The third-order valence-corrected chi connectivity index (χ3v) is 5.77. The maximum atomic E-state index is 10.4. The lowest BCUT2D eigenvalue weighted by Crippen LogP contribution is -1.93. The van der Waals surface area contributed by atoms with Gasteiger partial charge < -0.3 is 16.4 Å². The van der Waals surface area contributed by atoms with Crippen molar-refractivity contribution in [3.63, 3.8) is 0 Å². The minimum Gasteiger partial charge on any atom is -0.481 e. The van der Waals surface area contributed by atoms with Crippen molar-refractivity contribution >= 4 is 11.9 Å². The molecule has 184 valence electrons. The Morgan fingerprint density at radius 1 is 0.484 bits per heavy atom. The van der Waals surface area contributed by atoms with E-state index >= 15 is 0 Å². The van der Waals surface area contributed by atoms with Gasteiger partial charge in [0.05, 0.1) is 0 Å². The molecule has 0 aliphatic carbocycles. The summed E-state index contributed by atoms with van der Waals surface area (Å²) in [5, 5.41) is 17.1. The van der Waals surface area contributed by atoms with Gasteiger partial charge in [0.1, 0.15) is 0 Å². The van der Waals surface area contributed by atoms with Crippen LogP contribution in [0.3, 0.4) is 0 Å². The summed E-state index contributed by atoms with van der Waals surface area (Å²) in [6, 6.07) is 0. The van der Waals surface area contributed by atoms with E-state index in [0.717, 1.165) is 25.7 Å². The van der Waals surface area contributed by atoms with Crippen molar-refractivity contribution in [3.05, 3.63) is 12.2 Å². The summed E-state index contributed by atoms with van der Waals surface area (Å²) in [7, 11) is 0. The second-order valence-electron chi connectivity index (χ2n) is 8.74. The van der Waals surface area contributed by atoms with Gasteiger partial charge in [-0.3, -0.25) is 4.79 Å². The topological polar surface area (TPSA) is 110 Å². The molecule has 31 heavy (non-hydrogen) atoms. The van der Waals surface area contributed by atoms with E-state index in [-0.39, 0.29) is 6.15 Å². The smallest absolute Gasteiger partial charge is 0.327 e. The van der Waals surface area contributed by atoms with Gasteiger partial charge >= 0.3 is 11.9 Å².